The van der Waals surface area contributed by atoms with Crippen LogP contribution < -0.4 is 0 Å². The fourth-order valence-corrected chi connectivity index (χ4v) is 4.30. The fourth-order valence-electron chi connectivity index (χ4n) is 4.30. The first-order valence-corrected chi connectivity index (χ1v) is 8.64. The highest BCUT2D eigenvalue weighted by Crippen LogP contribution is 2.42. The summed E-state index contributed by atoms with van der Waals surface area (Å²) >= 11 is 0. The first-order chi connectivity index (χ1) is 11.4. The third-order valence-corrected chi connectivity index (χ3v) is 5.68. The molecule has 1 heterocycles. The van der Waals surface area contributed by atoms with Crippen LogP contribution in [0.4, 0.5) is 0 Å². The van der Waals surface area contributed by atoms with E-state index >= 15 is 0 Å². The quantitative estimate of drug-likeness (QED) is 0.290. The van der Waals surface area contributed by atoms with Crippen LogP contribution in [0.25, 0.3) is 0 Å². The van der Waals surface area contributed by atoms with Gasteiger partial charge in [-0.1, -0.05) is 6.92 Å². The highest BCUT2D eigenvalue weighted by Gasteiger charge is 2.53. The molecule has 0 spiro atoms. The summed E-state index contributed by atoms with van der Waals surface area (Å²) in [5.74, 6) is -1.92. The van der Waals surface area contributed by atoms with Crippen LogP contribution in [0.1, 0.15) is 26.2 Å². The average Bonchev–Trinajstić information content (AvgIpc) is 2.58. The molecule has 8 heteroatoms. The van der Waals surface area contributed by atoms with Crippen molar-refractivity contribution in [3.05, 3.63) is 0 Å². The lowest BCUT2D eigenvalue weighted by atomic mass is 9.65. The summed E-state index contributed by atoms with van der Waals surface area (Å²) in [6.07, 6.45) is -6.75. The van der Waals surface area contributed by atoms with Gasteiger partial charge in [0.15, 0.2) is 0 Å². The molecule has 142 valence electrons. The fraction of sp³-hybridized carbons (Fsp3) is 1.00. The molecule has 7 N–H and O–H groups in total. The first-order valence-electron chi connectivity index (χ1n) is 8.64. The van der Waals surface area contributed by atoms with Gasteiger partial charge in [0.25, 0.3) is 0 Å². The molecule has 2 fully saturated rings. The van der Waals surface area contributed by atoms with Crippen LogP contribution in [0.2, 0.25) is 0 Å². The molecule has 1 aliphatic heterocycles. The molecule has 0 aromatic carbocycles. The smallest absolute Gasteiger partial charge is 0.106 e. The van der Waals surface area contributed by atoms with Crippen molar-refractivity contribution in [2.24, 2.45) is 17.8 Å². The Balaban J connectivity index is 2.25. The monoisotopic (exact) mass is 350 g/mol. The first kappa shape index (κ1) is 20.0. The molecule has 0 amide bonds. The molecule has 0 aromatic rings. The second-order valence-electron chi connectivity index (χ2n) is 7.01. The van der Waals surface area contributed by atoms with E-state index in [4.69, 9.17) is 9.84 Å². The molecular formula is C16H30O8. The molecule has 1 saturated carbocycles. The third kappa shape index (κ3) is 3.61. The summed E-state index contributed by atoms with van der Waals surface area (Å²) in [4.78, 5) is 0. The second kappa shape index (κ2) is 8.37. The second-order valence-corrected chi connectivity index (χ2v) is 7.01. The Kier molecular flexibility index (Phi) is 6.98. The zero-order chi connectivity index (χ0) is 18.0. The highest BCUT2D eigenvalue weighted by molar-refractivity contribution is 5.02. The molecule has 0 bridgehead atoms. The van der Waals surface area contributed by atoms with Crippen LogP contribution in [0.5, 0.6) is 0 Å². The van der Waals surface area contributed by atoms with Crippen molar-refractivity contribution in [1.29, 1.82) is 0 Å². The minimum atomic E-state index is -1.42. The summed E-state index contributed by atoms with van der Waals surface area (Å²) in [5, 5.41) is 70.1. The number of ether oxygens (including phenoxy) is 1. The van der Waals surface area contributed by atoms with Crippen LogP contribution in [0.15, 0.2) is 0 Å². The standard InChI is InChI=1S/C16H30O8/c1-2-9-14(21)15(22)11(10(6-18)24-9)8-5-7(3-4-17)12(19)16(23)13(8)20/h7-23H,2-6H2,1H3/t7-,8?,9+,10+,11+,12+,13-,14-,15-,16-/m0/s1. The van der Waals surface area contributed by atoms with Gasteiger partial charge < -0.3 is 40.5 Å². The van der Waals surface area contributed by atoms with Crippen LogP contribution in [0.3, 0.4) is 0 Å². The molecule has 1 unspecified atom stereocenters. The molecule has 0 aromatic heterocycles. The zero-order valence-corrected chi connectivity index (χ0v) is 13.8. The molecule has 24 heavy (non-hydrogen) atoms. The van der Waals surface area contributed by atoms with Gasteiger partial charge in [0.1, 0.15) is 12.2 Å². The number of aliphatic hydroxyl groups excluding tert-OH is 7. The van der Waals surface area contributed by atoms with Gasteiger partial charge in [-0.3, -0.25) is 0 Å². The minimum Gasteiger partial charge on any atom is -0.396 e. The topological polar surface area (TPSA) is 151 Å². The van der Waals surface area contributed by atoms with Crippen molar-refractivity contribution in [3.8, 4) is 0 Å². The van der Waals surface area contributed by atoms with Gasteiger partial charge in [0.05, 0.1) is 37.1 Å². The van der Waals surface area contributed by atoms with Crippen molar-refractivity contribution in [2.45, 2.75) is 68.9 Å². The molecule has 2 aliphatic rings. The van der Waals surface area contributed by atoms with Gasteiger partial charge in [0, 0.05) is 12.5 Å². The Morgan fingerprint density at radius 2 is 1.50 bits per heavy atom. The molecule has 1 saturated heterocycles. The Labute approximate surface area is 141 Å². The average molecular weight is 350 g/mol. The lowest BCUT2D eigenvalue weighted by molar-refractivity contribution is -0.242. The Bertz CT molecular complexity index is 392. The summed E-state index contributed by atoms with van der Waals surface area (Å²) in [5.41, 5.74) is 0. The third-order valence-electron chi connectivity index (χ3n) is 5.68. The van der Waals surface area contributed by atoms with Crippen LogP contribution in [-0.2, 0) is 4.74 Å². The maximum absolute atomic E-state index is 10.5. The molecule has 8 nitrogen and oxygen atoms in total. The van der Waals surface area contributed by atoms with Crippen molar-refractivity contribution >= 4 is 0 Å². The maximum Gasteiger partial charge on any atom is 0.106 e. The van der Waals surface area contributed by atoms with Crippen LogP contribution in [0, 0.1) is 17.8 Å². The summed E-state index contributed by atoms with van der Waals surface area (Å²) in [6, 6.07) is 0. The normalized spacial score (nSPS) is 50.0. The van der Waals surface area contributed by atoms with Crippen LogP contribution in [-0.4, -0.2) is 91.7 Å². The number of aliphatic hydroxyl groups is 7. The largest absolute Gasteiger partial charge is 0.396 e. The zero-order valence-electron chi connectivity index (χ0n) is 13.8. The van der Waals surface area contributed by atoms with Gasteiger partial charge in [0.2, 0.25) is 0 Å². The molecule has 0 radical (unpaired) electrons. The van der Waals surface area contributed by atoms with Gasteiger partial charge in [-0.15, -0.1) is 0 Å². The summed E-state index contributed by atoms with van der Waals surface area (Å²) < 4.78 is 5.67. The van der Waals surface area contributed by atoms with E-state index in [0.29, 0.717) is 6.42 Å². The molecule has 1 aliphatic carbocycles. The number of hydrogen-bond donors (Lipinski definition) is 7. The lowest BCUT2D eigenvalue weighted by Gasteiger charge is -2.50. The predicted molar refractivity (Wildman–Crippen MR) is 82.9 cm³/mol. The molecule has 10 atom stereocenters. The van der Waals surface area contributed by atoms with E-state index < -0.39 is 67.1 Å². The minimum absolute atomic E-state index is 0.176. The molecular weight excluding hydrogens is 320 g/mol. The van der Waals surface area contributed by atoms with E-state index in [1.165, 1.54) is 0 Å². The SMILES string of the molecule is CC[C@H]1O[C@H](CO)[C@@H](C2C[C@H](CCO)[C@@H](O)[C@H](O)[C@H]2O)[C@H](O)[C@H]1O. The van der Waals surface area contributed by atoms with Crippen molar-refractivity contribution in [3.63, 3.8) is 0 Å². The van der Waals surface area contributed by atoms with Gasteiger partial charge >= 0.3 is 0 Å². The van der Waals surface area contributed by atoms with E-state index in [1.54, 1.807) is 6.92 Å². The van der Waals surface area contributed by atoms with Gasteiger partial charge in [-0.2, -0.15) is 0 Å². The van der Waals surface area contributed by atoms with Gasteiger partial charge in [-0.05, 0) is 31.1 Å². The predicted octanol–water partition coefficient (Wildman–Crippen LogP) is -2.40. The van der Waals surface area contributed by atoms with E-state index in [2.05, 4.69) is 0 Å². The highest BCUT2D eigenvalue weighted by atomic mass is 16.5. The maximum atomic E-state index is 10.5. The van der Waals surface area contributed by atoms with Crippen molar-refractivity contribution in [2.75, 3.05) is 13.2 Å². The van der Waals surface area contributed by atoms with Gasteiger partial charge in [-0.25, -0.2) is 0 Å². The Morgan fingerprint density at radius 1 is 0.833 bits per heavy atom. The number of rotatable bonds is 5. The van der Waals surface area contributed by atoms with Crippen molar-refractivity contribution in [1.82, 2.24) is 0 Å². The molecule has 2 rings (SSSR count). The summed E-state index contributed by atoms with van der Waals surface area (Å²) in [7, 11) is 0. The van der Waals surface area contributed by atoms with E-state index in [9.17, 15) is 30.6 Å². The number of hydrogen-bond acceptors (Lipinski definition) is 8. The van der Waals surface area contributed by atoms with E-state index in [-0.39, 0.29) is 19.4 Å². The lowest BCUT2D eigenvalue weighted by Crippen LogP contribution is -2.62. The summed E-state index contributed by atoms with van der Waals surface area (Å²) in [6.45, 7) is 1.23. The van der Waals surface area contributed by atoms with E-state index in [1.807, 2.05) is 0 Å². The van der Waals surface area contributed by atoms with Crippen LogP contribution >= 0.6 is 0 Å². The van der Waals surface area contributed by atoms with E-state index in [0.717, 1.165) is 0 Å². The Hall–Kier alpha value is -0.320. The van der Waals surface area contributed by atoms with Crippen molar-refractivity contribution < 1.29 is 40.5 Å². The Morgan fingerprint density at radius 3 is 2.04 bits per heavy atom.